The second-order valence-electron chi connectivity index (χ2n) is 4.79. The van der Waals surface area contributed by atoms with E-state index in [-0.39, 0.29) is 10.0 Å². The van der Waals surface area contributed by atoms with E-state index in [0.717, 1.165) is 30.6 Å². The molecule has 2 rings (SSSR count). The molecule has 1 aromatic rings. The summed E-state index contributed by atoms with van der Waals surface area (Å²) >= 11 is 6.74. The van der Waals surface area contributed by atoms with E-state index in [4.69, 9.17) is 22.5 Å². The van der Waals surface area contributed by atoms with Crippen LogP contribution in [0.3, 0.4) is 0 Å². The van der Waals surface area contributed by atoms with Crippen LogP contribution in [0.1, 0.15) is 32.1 Å². The van der Waals surface area contributed by atoms with Crippen LogP contribution >= 0.6 is 22.9 Å². The number of thiophene rings is 1. The highest BCUT2D eigenvalue weighted by Gasteiger charge is 2.41. The lowest BCUT2D eigenvalue weighted by Gasteiger charge is -2.36. The van der Waals surface area contributed by atoms with Crippen molar-refractivity contribution in [3.63, 3.8) is 0 Å². The first-order valence-corrected chi connectivity index (χ1v) is 8.85. The van der Waals surface area contributed by atoms with Crippen molar-refractivity contribution >= 4 is 38.8 Å². The van der Waals surface area contributed by atoms with Gasteiger partial charge in [0, 0.05) is 0 Å². The zero-order valence-electron chi connectivity index (χ0n) is 10.7. The van der Waals surface area contributed by atoms with E-state index in [9.17, 15) is 8.42 Å². The summed E-state index contributed by atoms with van der Waals surface area (Å²) in [7, 11) is -3.74. The zero-order valence-corrected chi connectivity index (χ0v) is 13.1. The average molecular weight is 338 g/mol. The SMILES string of the molecule is N/C(=N/O)C1(NS(=O)(=O)c2ccc(Cl)s2)CCCCC1. The Hall–Kier alpha value is -0.830. The molecule has 0 atom stereocenters. The fraction of sp³-hybridized carbons (Fsp3) is 0.545. The van der Waals surface area contributed by atoms with Gasteiger partial charge in [0.2, 0.25) is 0 Å². The minimum Gasteiger partial charge on any atom is -0.409 e. The average Bonchev–Trinajstić information content (AvgIpc) is 2.86. The topological polar surface area (TPSA) is 105 Å². The molecule has 0 saturated heterocycles. The van der Waals surface area contributed by atoms with Crippen LogP contribution in [0.15, 0.2) is 21.5 Å². The maximum absolute atomic E-state index is 12.4. The number of hydrogen-bond acceptors (Lipinski definition) is 5. The van der Waals surface area contributed by atoms with Crippen LogP contribution in [-0.4, -0.2) is 25.0 Å². The van der Waals surface area contributed by atoms with Gasteiger partial charge in [0.15, 0.2) is 5.84 Å². The summed E-state index contributed by atoms with van der Waals surface area (Å²) in [5, 5.41) is 11.9. The number of halogens is 1. The Morgan fingerprint density at radius 3 is 2.55 bits per heavy atom. The Balaban J connectivity index is 2.32. The number of nitrogens with one attached hydrogen (secondary N) is 1. The van der Waals surface area contributed by atoms with E-state index in [0.29, 0.717) is 17.2 Å². The molecule has 0 amide bonds. The van der Waals surface area contributed by atoms with Gasteiger partial charge in [-0.2, -0.15) is 4.72 Å². The van der Waals surface area contributed by atoms with Crippen LogP contribution in [-0.2, 0) is 10.0 Å². The predicted molar refractivity (Wildman–Crippen MR) is 78.9 cm³/mol. The van der Waals surface area contributed by atoms with E-state index in [1.165, 1.54) is 12.1 Å². The first-order valence-electron chi connectivity index (χ1n) is 6.17. The van der Waals surface area contributed by atoms with E-state index >= 15 is 0 Å². The molecule has 1 saturated carbocycles. The first kappa shape index (κ1) is 15.6. The summed E-state index contributed by atoms with van der Waals surface area (Å²) < 4.78 is 27.9. The van der Waals surface area contributed by atoms with Gasteiger partial charge < -0.3 is 10.9 Å². The summed E-state index contributed by atoms with van der Waals surface area (Å²) in [6.07, 6.45) is 3.68. The standard InChI is InChI=1S/C11H16ClN3O3S2/c12-8-4-5-9(19-8)20(17,18)15-11(10(13)14-16)6-2-1-3-7-11/h4-5,15-16H,1-3,6-7H2,(H2,13,14). The molecule has 0 aromatic carbocycles. The molecule has 1 aromatic heterocycles. The van der Waals surface area contributed by atoms with Gasteiger partial charge in [-0.25, -0.2) is 8.42 Å². The van der Waals surface area contributed by atoms with E-state index in [1.54, 1.807) is 0 Å². The number of nitrogens with zero attached hydrogens (tertiary/aromatic N) is 1. The van der Waals surface area contributed by atoms with Crippen molar-refractivity contribution in [2.75, 3.05) is 0 Å². The molecule has 112 valence electrons. The molecule has 20 heavy (non-hydrogen) atoms. The second kappa shape index (κ2) is 5.88. The quantitative estimate of drug-likeness (QED) is 0.339. The van der Waals surface area contributed by atoms with E-state index in [1.807, 2.05) is 0 Å². The smallest absolute Gasteiger partial charge is 0.251 e. The number of sulfonamides is 1. The Kier molecular flexibility index (Phi) is 4.58. The lowest BCUT2D eigenvalue weighted by atomic mass is 9.82. The monoisotopic (exact) mass is 337 g/mol. The fourth-order valence-corrected chi connectivity index (χ4v) is 5.33. The fourth-order valence-electron chi connectivity index (χ4n) is 2.41. The molecule has 0 aliphatic heterocycles. The molecule has 1 heterocycles. The molecule has 9 heteroatoms. The van der Waals surface area contributed by atoms with Crippen molar-refractivity contribution in [2.45, 2.75) is 41.9 Å². The Bertz CT molecular complexity index is 606. The molecular formula is C11H16ClN3O3S2. The van der Waals surface area contributed by atoms with Crippen molar-refractivity contribution in [1.29, 1.82) is 0 Å². The van der Waals surface area contributed by atoms with E-state index < -0.39 is 15.6 Å². The van der Waals surface area contributed by atoms with Gasteiger partial charge in [-0.05, 0) is 25.0 Å². The van der Waals surface area contributed by atoms with Gasteiger partial charge in [-0.1, -0.05) is 36.0 Å². The highest BCUT2D eigenvalue weighted by atomic mass is 35.5. The normalized spacial score (nSPS) is 19.9. The summed E-state index contributed by atoms with van der Waals surface area (Å²) in [4.78, 5) is 0. The van der Waals surface area contributed by atoms with Crippen molar-refractivity contribution in [3.05, 3.63) is 16.5 Å². The lowest BCUT2D eigenvalue weighted by Crippen LogP contribution is -2.58. The van der Waals surface area contributed by atoms with Crippen molar-refractivity contribution < 1.29 is 13.6 Å². The Morgan fingerprint density at radius 1 is 1.40 bits per heavy atom. The minimum atomic E-state index is -3.74. The maximum atomic E-state index is 12.4. The van der Waals surface area contributed by atoms with Crippen molar-refractivity contribution in [2.24, 2.45) is 10.9 Å². The highest BCUT2D eigenvalue weighted by molar-refractivity contribution is 7.91. The summed E-state index contributed by atoms with van der Waals surface area (Å²) in [5.41, 5.74) is 4.71. The van der Waals surface area contributed by atoms with Crippen molar-refractivity contribution in [3.8, 4) is 0 Å². The molecule has 1 fully saturated rings. The Morgan fingerprint density at radius 2 is 2.05 bits per heavy atom. The maximum Gasteiger partial charge on any atom is 0.251 e. The van der Waals surface area contributed by atoms with Gasteiger partial charge >= 0.3 is 0 Å². The van der Waals surface area contributed by atoms with Crippen LogP contribution in [0.4, 0.5) is 0 Å². The van der Waals surface area contributed by atoms with Crippen molar-refractivity contribution in [1.82, 2.24) is 4.72 Å². The molecule has 1 aliphatic carbocycles. The van der Waals surface area contributed by atoms with Gasteiger partial charge in [-0.15, -0.1) is 11.3 Å². The largest absolute Gasteiger partial charge is 0.409 e. The van der Waals surface area contributed by atoms with Gasteiger partial charge in [-0.3, -0.25) is 0 Å². The zero-order chi connectivity index (χ0) is 14.8. The molecule has 6 nitrogen and oxygen atoms in total. The number of nitrogens with two attached hydrogens (primary N) is 1. The van der Waals surface area contributed by atoms with Crippen LogP contribution < -0.4 is 10.5 Å². The lowest BCUT2D eigenvalue weighted by molar-refractivity contribution is 0.294. The summed E-state index contributed by atoms with van der Waals surface area (Å²) in [5.74, 6) is -0.0940. The van der Waals surface area contributed by atoms with Crippen LogP contribution in [0, 0.1) is 0 Å². The number of hydrogen-bond donors (Lipinski definition) is 3. The molecule has 0 radical (unpaired) electrons. The Labute approximate surface area is 126 Å². The molecule has 4 N–H and O–H groups in total. The molecule has 0 bridgehead atoms. The number of rotatable bonds is 4. The van der Waals surface area contributed by atoms with Gasteiger partial charge in [0.25, 0.3) is 10.0 Å². The number of oxime groups is 1. The second-order valence-corrected chi connectivity index (χ2v) is 8.42. The summed E-state index contributed by atoms with van der Waals surface area (Å²) in [6, 6.07) is 2.97. The van der Waals surface area contributed by atoms with Crippen LogP contribution in [0.2, 0.25) is 4.34 Å². The summed E-state index contributed by atoms with van der Waals surface area (Å²) in [6.45, 7) is 0. The van der Waals surface area contributed by atoms with Gasteiger partial charge in [0.05, 0.1) is 9.88 Å². The third-order valence-corrected chi connectivity index (χ3v) is 6.71. The number of amidine groups is 1. The third-order valence-electron chi connectivity index (χ3n) is 3.45. The van der Waals surface area contributed by atoms with Crippen LogP contribution in [0.25, 0.3) is 0 Å². The molecule has 0 spiro atoms. The molecule has 0 unspecified atom stereocenters. The van der Waals surface area contributed by atoms with E-state index in [2.05, 4.69) is 9.88 Å². The minimum absolute atomic E-state index is 0.0940. The van der Waals surface area contributed by atoms with Crippen LogP contribution in [0.5, 0.6) is 0 Å². The first-order chi connectivity index (χ1) is 9.39. The molecular weight excluding hydrogens is 322 g/mol. The van der Waals surface area contributed by atoms with Gasteiger partial charge in [0.1, 0.15) is 4.21 Å². The molecule has 1 aliphatic rings. The highest BCUT2D eigenvalue weighted by Crippen LogP contribution is 2.32. The predicted octanol–water partition coefficient (Wildman–Crippen LogP) is 2.13. The third kappa shape index (κ3) is 3.08.